The maximum absolute atomic E-state index is 12.9. The summed E-state index contributed by atoms with van der Waals surface area (Å²) in [4.78, 5) is 31.8. The average molecular weight is 633 g/mol. The zero-order chi connectivity index (χ0) is 31.2. The van der Waals surface area contributed by atoms with Crippen molar-refractivity contribution in [2.75, 3.05) is 52.8 Å². The van der Waals surface area contributed by atoms with Crippen LogP contribution in [0.2, 0.25) is 0 Å². The summed E-state index contributed by atoms with van der Waals surface area (Å²) in [6, 6.07) is 23.2. The van der Waals surface area contributed by atoms with E-state index in [-0.39, 0.29) is 5.56 Å². The Labute approximate surface area is 264 Å². The van der Waals surface area contributed by atoms with Crippen LogP contribution in [0.25, 0.3) is 21.8 Å². The molecular weight excluding hydrogens is 601 g/mol. The topological polar surface area (TPSA) is 116 Å². The molecule has 0 saturated carbocycles. The maximum Gasteiger partial charge on any atom is 0.337 e. The Morgan fingerprint density at radius 2 is 1.50 bits per heavy atom. The summed E-state index contributed by atoms with van der Waals surface area (Å²) in [5, 5.41) is 20.5. The normalized spacial score (nSPS) is 10.9. The summed E-state index contributed by atoms with van der Waals surface area (Å²) in [5.41, 5.74) is 5.43. The van der Waals surface area contributed by atoms with E-state index in [4.69, 9.17) is 32.9 Å². The third-order valence-corrected chi connectivity index (χ3v) is 7.54. The smallest absolute Gasteiger partial charge is 0.337 e. The molecule has 4 N–H and O–H groups in total. The van der Waals surface area contributed by atoms with Crippen molar-refractivity contribution in [3.63, 3.8) is 0 Å². The molecule has 11 heteroatoms. The van der Waals surface area contributed by atoms with E-state index in [0.717, 1.165) is 22.3 Å². The predicted molar refractivity (Wildman–Crippen MR) is 180 cm³/mol. The number of aromatic carboxylic acids is 1. The van der Waals surface area contributed by atoms with Crippen molar-refractivity contribution in [3.05, 3.63) is 90.0 Å². The van der Waals surface area contributed by atoms with Crippen molar-refractivity contribution < 1.29 is 19.4 Å². The third kappa shape index (κ3) is 6.59. The van der Waals surface area contributed by atoms with Gasteiger partial charge in [0.05, 0.1) is 23.9 Å². The maximum atomic E-state index is 12.9. The van der Waals surface area contributed by atoms with E-state index in [1.165, 1.54) is 6.07 Å². The number of pyridine rings is 1. The highest BCUT2D eigenvalue weighted by molar-refractivity contribution is 6.18. The number of fused-ring (bicyclic) bond motifs is 2. The highest BCUT2D eigenvalue weighted by Crippen LogP contribution is 2.38. The minimum absolute atomic E-state index is 0.0843. The fraction of sp³-hybridized carbons (Fsp3) is 0.182. The molecule has 0 bridgehead atoms. The van der Waals surface area contributed by atoms with E-state index in [1.807, 2.05) is 67.6 Å². The van der Waals surface area contributed by atoms with Gasteiger partial charge in [-0.05, 0) is 61.0 Å². The molecule has 5 rings (SSSR count). The lowest BCUT2D eigenvalue weighted by Gasteiger charge is -2.23. The molecule has 0 aliphatic carbocycles. The fourth-order valence-corrected chi connectivity index (χ4v) is 5.43. The van der Waals surface area contributed by atoms with Gasteiger partial charge in [-0.25, -0.2) is 14.6 Å². The molecule has 0 aliphatic rings. The number of rotatable bonds is 11. The lowest BCUT2D eigenvalue weighted by Crippen LogP contribution is -2.27. The zero-order valence-corrected chi connectivity index (χ0v) is 25.7. The molecule has 0 spiro atoms. The number of nitrogens with one attached hydrogen (secondary N) is 3. The number of nitrogens with zero attached hydrogens (tertiary/aromatic N) is 2. The van der Waals surface area contributed by atoms with Crippen LogP contribution in [0.3, 0.4) is 0 Å². The van der Waals surface area contributed by atoms with Crippen LogP contribution in [0.4, 0.5) is 33.2 Å². The Hall–Kier alpha value is -4.73. The van der Waals surface area contributed by atoms with Crippen LogP contribution >= 0.6 is 23.2 Å². The Kier molecular flexibility index (Phi) is 9.57. The average Bonchev–Trinajstić information content (AvgIpc) is 3.02. The van der Waals surface area contributed by atoms with Gasteiger partial charge in [0.25, 0.3) is 0 Å². The molecule has 1 aromatic heterocycles. The molecule has 0 atom stereocenters. The first-order valence-corrected chi connectivity index (χ1v) is 14.9. The molecule has 4 aromatic carbocycles. The Morgan fingerprint density at radius 3 is 2.16 bits per heavy atom. The van der Waals surface area contributed by atoms with Gasteiger partial charge in [0.1, 0.15) is 11.3 Å². The van der Waals surface area contributed by atoms with Crippen LogP contribution in [0, 0.1) is 6.92 Å². The lowest BCUT2D eigenvalue weighted by molar-refractivity contribution is 0.0699. The highest BCUT2D eigenvalue weighted by atomic mass is 35.5. The first-order chi connectivity index (χ1) is 21.3. The number of carbonyl (C=O) groups excluding carboxylic acids is 1. The quantitative estimate of drug-likeness (QED) is 0.0860. The van der Waals surface area contributed by atoms with Gasteiger partial charge in [-0.3, -0.25) is 0 Å². The molecule has 226 valence electrons. The van der Waals surface area contributed by atoms with E-state index < -0.39 is 12.0 Å². The monoisotopic (exact) mass is 631 g/mol. The van der Waals surface area contributed by atoms with Crippen molar-refractivity contribution in [1.29, 1.82) is 0 Å². The number of ether oxygens (including phenoxy) is 1. The van der Waals surface area contributed by atoms with Gasteiger partial charge in [-0.2, -0.15) is 0 Å². The van der Waals surface area contributed by atoms with Crippen molar-refractivity contribution >= 4 is 85.4 Å². The number of hydrogen-bond donors (Lipinski definition) is 4. The second-order valence-electron chi connectivity index (χ2n) is 10.00. The van der Waals surface area contributed by atoms with Gasteiger partial charge in [0, 0.05) is 58.4 Å². The Morgan fingerprint density at radius 1 is 0.864 bits per heavy atom. The molecule has 1 heterocycles. The number of urea groups is 1. The van der Waals surface area contributed by atoms with Gasteiger partial charge in [0.15, 0.2) is 0 Å². The van der Waals surface area contributed by atoms with Crippen LogP contribution in [-0.2, 0) is 0 Å². The molecule has 0 unspecified atom stereocenters. The molecule has 2 amide bonds. The Balaban J connectivity index is 1.42. The molecule has 5 aromatic rings. The van der Waals surface area contributed by atoms with Crippen molar-refractivity contribution in [3.8, 4) is 5.75 Å². The summed E-state index contributed by atoms with van der Waals surface area (Å²) in [6.45, 7) is 3.29. The Bertz CT molecular complexity index is 1830. The van der Waals surface area contributed by atoms with Crippen LogP contribution in [0.1, 0.15) is 15.9 Å². The summed E-state index contributed by atoms with van der Waals surface area (Å²) >= 11 is 11.8. The van der Waals surface area contributed by atoms with Crippen molar-refractivity contribution in [2.24, 2.45) is 0 Å². The summed E-state index contributed by atoms with van der Waals surface area (Å²) in [6.07, 6.45) is 0. The summed E-state index contributed by atoms with van der Waals surface area (Å²) < 4.78 is 5.55. The number of aryl methyl sites for hydroxylation is 1. The zero-order valence-electron chi connectivity index (χ0n) is 24.2. The summed E-state index contributed by atoms with van der Waals surface area (Å²) in [5.74, 6) is 0.417. The number of benzene rings is 4. The number of carboxylic acids is 1. The molecule has 0 aliphatic heterocycles. The number of para-hydroxylation sites is 2. The molecule has 44 heavy (non-hydrogen) atoms. The van der Waals surface area contributed by atoms with Crippen LogP contribution in [-0.4, -0.2) is 54.1 Å². The second-order valence-corrected chi connectivity index (χ2v) is 10.8. The predicted octanol–water partition coefficient (Wildman–Crippen LogP) is 8.07. The van der Waals surface area contributed by atoms with Gasteiger partial charge in [-0.1, -0.05) is 30.3 Å². The molecular formula is C33H31Cl2N5O4. The van der Waals surface area contributed by atoms with Gasteiger partial charge in [0.2, 0.25) is 0 Å². The molecule has 0 radical (unpaired) electrons. The van der Waals surface area contributed by atoms with Gasteiger partial charge in [-0.15, -0.1) is 23.2 Å². The van der Waals surface area contributed by atoms with Gasteiger partial charge < -0.3 is 30.7 Å². The number of anilines is 5. The highest BCUT2D eigenvalue weighted by Gasteiger charge is 2.18. The first kappa shape index (κ1) is 30.7. The minimum Gasteiger partial charge on any atom is -0.494 e. The number of amides is 2. The number of halogens is 2. The van der Waals surface area contributed by atoms with E-state index >= 15 is 0 Å². The number of carboxylic acid groups (broad SMARTS) is 1. The van der Waals surface area contributed by atoms with E-state index in [1.54, 1.807) is 19.2 Å². The van der Waals surface area contributed by atoms with E-state index in [9.17, 15) is 14.7 Å². The fourth-order valence-electron chi connectivity index (χ4n) is 5.03. The molecule has 0 saturated heterocycles. The minimum atomic E-state index is -1.07. The molecule has 0 fully saturated rings. The SMILES string of the molecule is COc1cccc2c(Nc3cc(NC(=O)Nc4ccc(N(CCCl)CCCl)cc4)ccc3C)c3cccc(C(=O)O)c3nc12. The first-order valence-electron chi connectivity index (χ1n) is 13.9. The van der Waals surface area contributed by atoms with Crippen molar-refractivity contribution in [1.82, 2.24) is 4.98 Å². The number of aromatic nitrogens is 1. The largest absolute Gasteiger partial charge is 0.494 e. The third-order valence-electron chi connectivity index (χ3n) is 7.20. The number of methoxy groups -OCH3 is 1. The summed E-state index contributed by atoms with van der Waals surface area (Å²) in [7, 11) is 1.55. The van der Waals surface area contributed by atoms with E-state index in [0.29, 0.717) is 64.1 Å². The number of alkyl halides is 2. The van der Waals surface area contributed by atoms with Crippen LogP contribution in [0.15, 0.2) is 78.9 Å². The van der Waals surface area contributed by atoms with Crippen LogP contribution in [0.5, 0.6) is 5.75 Å². The lowest BCUT2D eigenvalue weighted by atomic mass is 10.0. The second kappa shape index (κ2) is 13.7. The van der Waals surface area contributed by atoms with Crippen LogP contribution < -0.4 is 25.6 Å². The van der Waals surface area contributed by atoms with E-state index in [2.05, 4.69) is 20.9 Å². The molecule has 9 nitrogen and oxygen atoms in total. The standard InChI is InChI=1S/C33H31Cl2N5O4/c1-20-9-10-22(37-33(43)36-21-11-13-23(14-12-21)40(17-15-34)18-16-35)19-27(20)38-29-24-5-3-7-26(32(41)42)30(24)39-31-25(29)6-4-8-28(31)44-2/h3-14,19H,15-18H2,1-2H3,(H,38,39)(H,41,42)(H2,36,37,43). The number of carbonyl (C=O) groups is 2. The number of hydrogen-bond acceptors (Lipinski definition) is 6. The van der Waals surface area contributed by atoms with Gasteiger partial charge >= 0.3 is 12.0 Å². The van der Waals surface area contributed by atoms with Crippen molar-refractivity contribution in [2.45, 2.75) is 6.92 Å².